The molecule has 0 spiro atoms. The Morgan fingerprint density at radius 1 is 1.33 bits per heavy atom. The number of ether oxygens (including phenoxy) is 1. The smallest absolute Gasteiger partial charge is 0.331 e. The van der Waals surface area contributed by atoms with Crippen molar-refractivity contribution in [2.45, 2.75) is 45.6 Å². The monoisotopic (exact) mass is 286 g/mol. The summed E-state index contributed by atoms with van der Waals surface area (Å²) < 4.78 is 5.52. The lowest BCUT2D eigenvalue weighted by Crippen LogP contribution is -2.27. The molecule has 0 fully saturated rings. The van der Waals surface area contributed by atoms with E-state index in [1.807, 2.05) is 50.3 Å². The third-order valence-corrected chi connectivity index (χ3v) is 3.43. The summed E-state index contributed by atoms with van der Waals surface area (Å²) in [5, 5.41) is 0. The van der Waals surface area contributed by atoms with Crippen LogP contribution in [0.4, 0.5) is 0 Å². The molecule has 1 unspecified atom stereocenters. The summed E-state index contributed by atoms with van der Waals surface area (Å²) in [5.41, 5.74) is 0.561. The highest BCUT2D eigenvalue weighted by atomic mass is 16.6. The summed E-state index contributed by atoms with van der Waals surface area (Å²) in [6.45, 7) is 9.85. The fourth-order valence-corrected chi connectivity index (χ4v) is 2.05. The molecule has 2 heteroatoms. The van der Waals surface area contributed by atoms with E-state index >= 15 is 0 Å². The molecular formula is C19H26O2. The largest absolute Gasteiger partial charge is 0.457 e. The highest BCUT2D eigenvalue weighted by molar-refractivity contribution is 5.87. The molecule has 0 saturated heterocycles. The Balaban J connectivity index is 2.41. The standard InChI is InChI=1S/C19H26O2/c1-5-16(2)10-9-15-19(3,4)21-18(20)14-13-17-11-7-6-8-12-17/h5-8,11-14,16H,1,9-10,15H2,2-4H3. The van der Waals surface area contributed by atoms with Gasteiger partial charge in [-0.2, -0.15) is 0 Å². The van der Waals surface area contributed by atoms with Crippen LogP contribution in [0.3, 0.4) is 0 Å². The lowest BCUT2D eigenvalue weighted by molar-refractivity contribution is -0.150. The van der Waals surface area contributed by atoms with Crippen LogP contribution in [-0.4, -0.2) is 11.6 Å². The molecule has 2 nitrogen and oxygen atoms in total. The van der Waals surface area contributed by atoms with Crippen LogP contribution in [0.25, 0.3) is 6.08 Å². The van der Waals surface area contributed by atoms with Crippen LogP contribution in [0.2, 0.25) is 0 Å². The number of rotatable bonds is 8. The van der Waals surface area contributed by atoms with Crippen molar-refractivity contribution < 1.29 is 9.53 Å². The van der Waals surface area contributed by atoms with E-state index in [0.29, 0.717) is 5.92 Å². The summed E-state index contributed by atoms with van der Waals surface area (Å²) in [4.78, 5) is 11.9. The zero-order chi connectivity index (χ0) is 15.7. The third kappa shape index (κ3) is 7.50. The summed E-state index contributed by atoms with van der Waals surface area (Å²) in [7, 11) is 0. The minimum atomic E-state index is -0.432. The van der Waals surface area contributed by atoms with Crippen molar-refractivity contribution in [3.05, 3.63) is 54.6 Å². The number of carbonyl (C=O) groups excluding carboxylic acids is 1. The minimum Gasteiger partial charge on any atom is -0.457 e. The molecule has 0 aromatic heterocycles. The Bertz CT molecular complexity index is 472. The molecule has 1 aromatic carbocycles. The number of allylic oxidation sites excluding steroid dienone is 1. The average molecular weight is 286 g/mol. The maximum absolute atomic E-state index is 11.9. The van der Waals surface area contributed by atoms with Gasteiger partial charge in [0, 0.05) is 6.08 Å². The molecule has 0 heterocycles. The van der Waals surface area contributed by atoms with Crippen LogP contribution < -0.4 is 0 Å². The number of hydrogen-bond donors (Lipinski definition) is 0. The first-order valence-electron chi connectivity index (χ1n) is 7.51. The second-order valence-corrected chi connectivity index (χ2v) is 6.03. The van der Waals surface area contributed by atoms with Crippen LogP contribution in [0.15, 0.2) is 49.1 Å². The van der Waals surface area contributed by atoms with Crippen molar-refractivity contribution in [2.75, 3.05) is 0 Å². The van der Waals surface area contributed by atoms with Crippen LogP contribution in [-0.2, 0) is 9.53 Å². The maximum atomic E-state index is 11.9. The molecule has 0 N–H and O–H groups in total. The lowest BCUT2D eigenvalue weighted by atomic mass is 9.97. The van der Waals surface area contributed by atoms with E-state index < -0.39 is 5.60 Å². The molecule has 0 aliphatic heterocycles. The van der Waals surface area contributed by atoms with Crippen molar-refractivity contribution in [1.82, 2.24) is 0 Å². The van der Waals surface area contributed by atoms with Crippen molar-refractivity contribution in [3.8, 4) is 0 Å². The molecule has 21 heavy (non-hydrogen) atoms. The van der Waals surface area contributed by atoms with Crippen molar-refractivity contribution in [3.63, 3.8) is 0 Å². The summed E-state index contributed by atoms with van der Waals surface area (Å²) in [6, 6.07) is 9.73. The lowest BCUT2D eigenvalue weighted by Gasteiger charge is -2.24. The number of benzene rings is 1. The molecule has 0 aliphatic carbocycles. The van der Waals surface area contributed by atoms with E-state index in [4.69, 9.17) is 4.74 Å². The van der Waals surface area contributed by atoms with Gasteiger partial charge in [-0.3, -0.25) is 0 Å². The number of esters is 1. The molecule has 0 bridgehead atoms. The van der Waals surface area contributed by atoms with Crippen LogP contribution in [0, 0.1) is 5.92 Å². The molecule has 1 aromatic rings. The normalized spacial score (nSPS) is 13.1. The molecule has 0 aliphatic rings. The van der Waals surface area contributed by atoms with E-state index in [1.54, 1.807) is 6.08 Å². The molecule has 0 amide bonds. The van der Waals surface area contributed by atoms with Crippen molar-refractivity contribution in [2.24, 2.45) is 5.92 Å². The first-order chi connectivity index (χ1) is 9.93. The Labute approximate surface area is 128 Å². The van der Waals surface area contributed by atoms with Gasteiger partial charge in [-0.15, -0.1) is 6.58 Å². The number of hydrogen-bond acceptors (Lipinski definition) is 2. The highest BCUT2D eigenvalue weighted by Crippen LogP contribution is 2.20. The van der Waals surface area contributed by atoms with Crippen LogP contribution in [0.1, 0.15) is 45.6 Å². The molecule has 0 radical (unpaired) electrons. The predicted octanol–water partition coefficient (Wildman–Crippen LogP) is 5.01. The summed E-state index contributed by atoms with van der Waals surface area (Å²) in [5.74, 6) is 0.218. The molecule has 1 rings (SSSR count). The Morgan fingerprint density at radius 3 is 2.62 bits per heavy atom. The van der Waals surface area contributed by atoms with E-state index in [0.717, 1.165) is 24.8 Å². The first-order valence-corrected chi connectivity index (χ1v) is 7.51. The second-order valence-electron chi connectivity index (χ2n) is 6.03. The van der Waals surface area contributed by atoms with Crippen LogP contribution in [0.5, 0.6) is 0 Å². The summed E-state index contributed by atoms with van der Waals surface area (Å²) in [6.07, 6.45) is 8.18. The fraction of sp³-hybridized carbons (Fsp3) is 0.421. The third-order valence-electron chi connectivity index (χ3n) is 3.43. The Hall–Kier alpha value is -1.83. The van der Waals surface area contributed by atoms with Gasteiger partial charge in [-0.1, -0.05) is 43.3 Å². The molecular weight excluding hydrogens is 260 g/mol. The Kier molecular flexibility index (Phi) is 6.93. The van der Waals surface area contributed by atoms with Gasteiger partial charge in [0.2, 0.25) is 0 Å². The summed E-state index contributed by atoms with van der Waals surface area (Å²) >= 11 is 0. The maximum Gasteiger partial charge on any atom is 0.331 e. The van der Waals surface area contributed by atoms with Crippen molar-refractivity contribution in [1.29, 1.82) is 0 Å². The number of carbonyl (C=O) groups is 1. The van der Waals surface area contributed by atoms with E-state index in [-0.39, 0.29) is 5.97 Å². The second kappa shape index (κ2) is 8.46. The fourth-order valence-electron chi connectivity index (χ4n) is 2.05. The molecule has 114 valence electrons. The van der Waals surface area contributed by atoms with Crippen molar-refractivity contribution >= 4 is 12.0 Å². The molecule has 1 atom stereocenters. The van der Waals surface area contributed by atoms with E-state index in [2.05, 4.69) is 13.5 Å². The van der Waals surface area contributed by atoms with Gasteiger partial charge in [0.1, 0.15) is 5.60 Å². The molecule has 0 saturated carbocycles. The quantitative estimate of drug-likeness (QED) is 0.381. The SMILES string of the molecule is C=CC(C)CCCC(C)(C)OC(=O)C=Cc1ccccc1. The topological polar surface area (TPSA) is 26.3 Å². The van der Waals surface area contributed by atoms with Gasteiger partial charge >= 0.3 is 5.97 Å². The van der Waals surface area contributed by atoms with Gasteiger partial charge in [0.25, 0.3) is 0 Å². The van der Waals surface area contributed by atoms with Gasteiger partial charge in [0.05, 0.1) is 0 Å². The van der Waals surface area contributed by atoms with Gasteiger partial charge in [0.15, 0.2) is 0 Å². The van der Waals surface area contributed by atoms with E-state index in [9.17, 15) is 4.79 Å². The van der Waals surface area contributed by atoms with E-state index in [1.165, 1.54) is 6.08 Å². The van der Waals surface area contributed by atoms with Gasteiger partial charge in [-0.05, 0) is 50.7 Å². The average Bonchev–Trinajstić information content (AvgIpc) is 2.45. The zero-order valence-corrected chi connectivity index (χ0v) is 13.3. The highest BCUT2D eigenvalue weighted by Gasteiger charge is 2.21. The van der Waals surface area contributed by atoms with Gasteiger partial charge < -0.3 is 4.74 Å². The Morgan fingerprint density at radius 2 is 2.00 bits per heavy atom. The predicted molar refractivity (Wildman–Crippen MR) is 88.9 cm³/mol. The van der Waals surface area contributed by atoms with Crippen LogP contribution >= 0.6 is 0 Å². The zero-order valence-electron chi connectivity index (χ0n) is 13.3. The first kappa shape index (κ1) is 17.2. The van der Waals surface area contributed by atoms with Gasteiger partial charge in [-0.25, -0.2) is 4.79 Å². The minimum absolute atomic E-state index is 0.291.